The van der Waals surface area contributed by atoms with Crippen molar-refractivity contribution in [2.24, 2.45) is 11.7 Å². The van der Waals surface area contributed by atoms with Crippen LogP contribution in [0.1, 0.15) is 44.7 Å². The van der Waals surface area contributed by atoms with Gasteiger partial charge in [-0.1, -0.05) is 13.3 Å². The average Bonchev–Trinajstić information content (AvgIpc) is 2.87. The Morgan fingerprint density at radius 2 is 2.12 bits per heavy atom. The highest BCUT2D eigenvalue weighted by Gasteiger charge is 2.25. The number of anilines is 1. The predicted octanol–water partition coefficient (Wildman–Crippen LogP) is 2.54. The van der Waals surface area contributed by atoms with Crippen molar-refractivity contribution in [1.82, 2.24) is 4.98 Å². The highest BCUT2D eigenvalue weighted by atomic mass is 16.4. The summed E-state index contributed by atoms with van der Waals surface area (Å²) in [5.74, 6) is 0.920. The van der Waals surface area contributed by atoms with Crippen molar-refractivity contribution < 1.29 is 4.42 Å². The smallest absolute Gasteiger partial charge is 0.297 e. The van der Waals surface area contributed by atoms with Crippen LogP contribution in [0.15, 0.2) is 10.7 Å². The number of hydrogen-bond donors (Lipinski definition) is 1. The van der Waals surface area contributed by atoms with Gasteiger partial charge in [0.1, 0.15) is 6.26 Å². The van der Waals surface area contributed by atoms with Crippen molar-refractivity contribution in [1.29, 1.82) is 0 Å². The van der Waals surface area contributed by atoms with Crippen LogP contribution in [0, 0.1) is 5.92 Å². The maximum absolute atomic E-state index is 5.54. The van der Waals surface area contributed by atoms with Crippen LogP contribution >= 0.6 is 0 Å². The molecular formula is C13H23N3O. The van der Waals surface area contributed by atoms with Gasteiger partial charge in [0.05, 0.1) is 5.69 Å². The second-order valence-corrected chi connectivity index (χ2v) is 5.02. The van der Waals surface area contributed by atoms with Gasteiger partial charge in [0.25, 0.3) is 6.01 Å². The molecule has 1 heterocycles. The molecule has 1 aliphatic rings. The van der Waals surface area contributed by atoms with Gasteiger partial charge in [-0.2, -0.15) is 4.98 Å². The Morgan fingerprint density at radius 1 is 1.41 bits per heavy atom. The quantitative estimate of drug-likeness (QED) is 0.874. The first-order chi connectivity index (χ1) is 8.24. The van der Waals surface area contributed by atoms with Crippen LogP contribution in [0.3, 0.4) is 0 Å². The van der Waals surface area contributed by atoms with Crippen LogP contribution in [-0.2, 0) is 6.54 Å². The van der Waals surface area contributed by atoms with Crippen molar-refractivity contribution in [2.45, 2.75) is 51.6 Å². The van der Waals surface area contributed by atoms with Crippen LogP contribution in [0.4, 0.5) is 6.01 Å². The molecule has 0 atom stereocenters. The topological polar surface area (TPSA) is 55.3 Å². The van der Waals surface area contributed by atoms with E-state index >= 15 is 0 Å². The maximum atomic E-state index is 5.54. The molecule has 1 aliphatic carbocycles. The van der Waals surface area contributed by atoms with E-state index < -0.39 is 0 Å². The van der Waals surface area contributed by atoms with Crippen LogP contribution < -0.4 is 10.6 Å². The van der Waals surface area contributed by atoms with Gasteiger partial charge < -0.3 is 15.1 Å². The first-order valence-corrected chi connectivity index (χ1v) is 6.61. The molecule has 2 N–H and O–H groups in total. The number of nitrogens with zero attached hydrogens (tertiary/aromatic N) is 2. The lowest BCUT2D eigenvalue weighted by atomic mass is 9.84. The molecule has 0 spiro atoms. The number of hydrogen-bond acceptors (Lipinski definition) is 4. The highest BCUT2D eigenvalue weighted by molar-refractivity contribution is 5.27. The largest absolute Gasteiger partial charge is 0.432 e. The number of oxazole rings is 1. The number of rotatable bonds is 4. The predicted molar refractivity (Wildman–Crippen MR) is 68.8 cm³/mol. The lowest BCUT2D eigenvalue weighted by Gasteiger charge is -2.33. The summed E-state index contributed by atoms with van der Waals surface area (Å²) in [5, 5.41) is 0. The maximum Gasteiger partial charge on any atom is 0.297 e. The first kappa shape index (κ1) is 12.4. The first-order valence-electron chi connectivity index (χ1n) is 6.61. The van der Waals surface area contributed by atoms with E-state index in [1.54, 1.807) is 6.26 Å². The molecule has 0 aliphatic heterocycles. The van der Waals surface area contributed by atoms with Gasteiger partial charge >= 0.3 is 0 Å². The zero-order chi connectivity index (χ0) is 12.3. The van der Waals surface area contributed by atoms with Crippen molar-refractivity contribution in [3.8, 4) is 0 Å². The molecule has 0 amide bonds. The molecule has 0 radical (unpaired) electrons. The molecule has 0 aromatic carbocycles. The van der Waals surface area contributed by atoms with E-state index in [-0.39, 0.29) is 0 Å². The Hall–Kier alpha value is -1.03. The molecule has 4 heteroatoms. The molecular weight excluding hydrogens is 214 g/mol. The van der Waals surface area contributed by atoms with Gasteiger partial charge in [0.15, 0.2) is 0 Å². The highest BCUT2D eigenvalue weighted by Crippen LogP contribution is 2.30. The third-order valence-corrected chi connectivity index (χ3v) is 3.99. The summed E-state index contributed by atoms with van der Waals surface area (Å²) in [6, 6.07) is 1.28. The standard InChI is InChI=1S/C13H23N3O/c1-3-10-4-6-12(7-5-10)16(2)13-15-11(8-14)9-17-13/h9-10,12H,3-8,14H2,1-2H3. The Morgan fingerprint density at radius 3 is 2.65 bits per heavy atom. The molecule has 17 heavy (non-hydrogen) atoms. The Bertz CT molecular complexity index is 342. The lowest BCUT2D eigenvalue weighted by molar-refractivity contribution is 0.307. The van der Waals surface area contributed by atoms with E-state index in [0.29, 0.717) is 18.6 Å². The minimum Gasteiger partial charge on any atom is -0.432 e. The fourth-order valence-electron chi connectivity index (χ4n) is 2.65. The Kier molecular flexibility index (Phi) is 4.05. The second kappa shape index (κ2) is 5.54. The zero-order valence-electron chi connectivity index (χ0n) is 10.9. The van der Waals surface area contributed by atoms with Crippen molar-refractivity contribution in [3.63, 3.8) is 0 Å². The lowest BCUT2D eigenvalue weighted by Crippen LogP contribution is -2.35. The molecule has 2 rings (SSSR count). The molecule has 0 unspecified atom stereocenters. The second-order valence-electron chi connectivity index (χ2n) is 5.02. The van der Waals surface area contributed by atoms with E-state index in [0.717, 1.165) is 11.6 Å². The van der Waals surface area contributed by atoms with Crippen molar-refractivity contribution in [3.05, 3.63) is 12.0 Å². The monoisotopic (exact) mass is 237 g/mol. The third-order valence-electron chi connectivity index (χ3n) is 3.99. The van der Waals surface area contributed by atoms with E-state index in [2.05, 4.69) is 23.9 Å². The summed E-state index contributed by atoms with van der Waals surface area (Å²) >= 11 is 0. The molecule has 1 fully saturated rings. The summed E-state index contributed by atoms with van der Waals surface area (Å²) in [5.41, 5.74) is 6.36. The van der Waals surface area contributed by atoms with Crippen molar-refractivity contribution >= 4 is 6.01 Å². The summed E-state index contributed by atoms with van der Waals surface area (Å²) in [7, 11) is 2.07. The van der Waals surface area contributed by atoms with Gasteiger partial charge in [-0.15, -0.1) is 0 Å². The molecule has 0 bridgehead atoms. The number of aromatic nitrogens is 1. The summed E-state index contributed by atoms with van der Waals surface area (Å²) < 4.78 is 5.46. The van der Waals surface area contributed by atoms with Crippen LogP contribution in [0.25, 0.3) is 0 Å². The van der Waals surface area contributed by atoms with E-state index in [9.17, 15) is 0 Å². The fraction of sp³-hybridized carbons (Fsp3) is 0.769. The fourth-order valence-corrected chi connectivity index (χ4v) is 2.65. The van der Waals surface area contributed by atoms with Gasteiger partial charge in [0.2, 0.25) is 0 Å². The van der Waals surface area contributed by atoms with Crippen LogP contribution in [-0.4, -0.2) is 18.1 Å². The normalized spacial score (nSPS) is 24.9. The molecule has 4 nitrogen and oxygen atoms in total. The van der Waals surface area contributed by atoms with Gasteiger partial charge in [-0.3, -0.25) is 0 Å². The number of nitrogens with two attached hydrogens (primary N) is 1. The molecule has 1 aromatic heterocycles. The molecule has 1 saturated carbocycles. The van der Waals surface area contributed by atoms with Crippen LogP contribution in [0.2, 0.25) is 0 Å². The Labute approximate surface area is 103 Å². The van der Waals surface area contributed by atoms with Gasteiger partial charge in [0, 0.05) is 19.6 Å². The van der Waals surface area contributed by atoms with Crippen molar-refractivity contribution in [2.75, 3.05) is 11.9 Å². The van der Waals surface area contributed by atoms with Gasteiger partial charge in [-0.05, 0) is 31.6 Å². The SMILES string of the molecule is CCC1CCC(N(C)c2nc(CN)co2)CC1. The van der Waals surface area contributed by atoms with E-state index in [1.807, 2.05) is 0 Å². The summed E-state index contributed by atoms with van der Waals surface area (Å²) in [6.07, 6.45) is 8.12. The van der Waals surface area contributed by atoms with E-state index in [4.69, 9.17) is 10.2 Å². The minimum absolute atomic E-state index is 0.444. The minimum atomic E-state index is 0.444. The van der Waals surface area contributed by atoms with Gasteiger partial charge in [-0.25, -0.2) is 0 Å². The molecule has 96 valence electrons. The molecule has 0 saturated heterocycles. The zero-order valence-corrected chi connectivity index (χ0v) is 10.9. The molecule has 1 aromatic rings. The summed E-state index contributed by atoms with van der Waals surface area (Å²) in [4.78, 5) is 6.55. The Balaban J connectivity index is 1.94. The third kappa shape index (κ3) is 2.80. The van der Waals surface area contributed by atoms with Crippen LogP contribution in [0.5, 0.6) is 0 Å². The summed E-state index contributed by atoms with van der Waals surface area (Å²) in [6.45, 7) is 2.73. The van der Waals surface area contributed by atoms with E-state index in [1.165, 1.54) is 32.1 Å². The average molecular weight is 237 g/mol.